The number of hydrogen-bond acceptors (Lipinski definition) is 2. The van der Waals surface area contributed by atoms with Crippen LogP contribution in [0.3, 0.4) is 0 Å². The van der Waals surface area contributed by atoms with Crippen LogP contribution in [0.1, 0.15) is 20.3 Å². The fourth-order valence-corrected chi connectivity index (χ4v) is 0.399. The highest BCUT2D eigenvalue weighted by Crippen LogP contribution is 1.89. The maximum absolute atomic E-state index is 10.4. The van der Waals surface area contributed by atoms with Gasteiger partial charge in [0.2, 0.25) is 0 Å². The van der Waals surface area contributed by atoms with E-state index in [9.17, 15) is 4.79 Å². The first-order chi connectivity index (χ1) is 4.16. The van der Waals surface area contributed by atoms with Gasteiger partial charge in [-0.2, -0.15) is 0 Å². The second-order valence-electron chi connectivity index (χ2n) is 2.04. The Kier molecular flexibility index (Phi) is 3.76. The second kappa shape index (κ2) is 4.13. The normalized spacial score (nSPS) is 11.2. The van der Waals surface area contributed by atoms with E-state index in [4.69, 9.17) is 0 Å². The summed E-state index contributed by atoms with van der Waals surface area (Å²) in [5.74, 6) is 0.199. The molecular formula is C7H13NO. The van der Waals surface area contributed by atoms with Gasteiger partial charge in [-0.3, -0.25) is 4.79 Å². The second-order valence-corrected chi connectivity index (χ2v) is 2.04. The van der Waals surface area contributed by atoms with E-state index in [0.717, 1.165) is 5.70 Å². The lowest BCUT2D eigenvalue weighted by Gasteiger charge is -1.95. The monoisotopic (exact) mass is 127 g/mol. The van der Waals surface area contributed by atoms with Gasteiger partial charge in [0.1, 0.15) is 5.78 Å². The molecule has 0 rings (SSSR count). The molecule has 0 aromatic rings. The van der Waals surface area contributed by atoms with Gasteiger partial charge in [-0.1, -0.05) is 6.08 Å². The maximum Gasteiger partial charge on any atom is 0.133 e. The molecule has 0 aliphatic heterocycles. The van der Waals surface area contributed by atoms with Gasteiger partial charge in [-0.25, -0.2) is 0 Å². The lowest BCUT2D eigenvalue weighted by Crippen LogP contribution is -2.01. The van der Waals surface area contributed by atoms with Crippen LogP contribution < -0.4 is 5.32 Å². The van der Waals surface area contributed by atoms with Crippen LogP contribution in [0.5, 0.6) is 0 Å². The highest BCUT2D eigenvalue weighted by molar-refractivity contribution is 5.77. The van der Waals surface area contributed by atoms with Crippen molar-refractivity contribution in [1.29, 1.82) is 0 Å². The first-order valence-electron chi connectivity index (χ1n) is 3.00. The molecule has 0 aromatic carbocycles. The standard InChI is InChI=1S/C7H13NO/c1-6(8-3)4-5-7(2)9/h4,8H,5H2,1-3H3/b6-4-. The minimum atomic E-state index is 0.199. The van der Waals surface area contributed by atoms with E-state index in [-0.39, 0.29) is 5.78 Å². The number of allylic oxidation sites excluding steroid dienone is 2. The van der Waals surface area contributed by atoms with Crippen LogP contribution in [0, 0.1) is 0 Å². The molecule has 0 fully saturated rings. The number of carbonyl (C=O) groups excluding carboxylic acids is 1. The number of ketones is 1. The van der Waals surface area contributed by atoms with Gasteiger partial charge < -0.3 is 5.32 Å². The molecule has 0 aliphatic carbocycles. The summed E-state index contributed by atoms with van der Waals surface area (Å²) in [5.41, 5.74) is 1.05. The van der Waals surface area contributed by atoms with Crippen LogP contribution in [0.4, 0.5) is 0 Å². The number of rotatable bonds is 3. The number of nitrogens with one attached hydrogen (secondary N) is 1. The van der Waals surface area contributed by atoms with Crippen LogP contribution in [0.25, 0.3) is 0 Å². The molecule has 0 unspecified atom stereocenters. The van der Waals surface area contributed by atoms with Crippen LogP contribution >= 0.6 is 0 Å². The van der Waals surface area contributed by atoms with Gasteiger partial charge in [0.25, 0.3) is 0 Å². The Hall–Kier alpha value is -0.790. The van der Waals surface area contributed by atoms with Crippen molar-refractivity contribution in [3.63, 3.8) is 0 Å². The molecule has 0 saturated heterocycles. The third-order valence-electron chi connectivity index (χ3n) is 1.09. The quantitative estimate of drug-likeness (QED) is 0.614. The van der Waals surface area contributed by atoms with Gasteiger partial charge in [0.05, 0.1) is 0 Å². The topological polar surface area (TPSA) is 29.1 Å². The van der Waals surface area contributed by atoms with Crippen LogP contribution in [-0.2, 0) is 4.79 Å². The average molecular weight is 127 g/mol. The molecule has 0 amide bonds. The highest BCUT2D eigenvalue weighted by atomic mass is 16.1. The Morgan fingerprint density at radius 2 is 2.11 bits per heavy atom. The zero-order valence-corrected chi connectivity index (χ0v) is 6.19. The molecule has 52 valence electrons. The molecule has 0 saturated carbocycles. The smallest absolute Gasteiger partial charge is 0.133 e. The summed E-state index contributed by atoms with van der Waals surface area (Å²) in [6, 6.07) is 0. The van der Waals surface area contributed by atoms with Gasteiger partial charge >= 0.3 is 0 Å². The first kappa shape index (κ1) is 8.21. The fourth-order valence-electron chi connectivity index (χ4n) is 0.399. The molecule has 0 bridgehead atoms. The zero-order chi connectivity index (χ0) is 7.28. The van der Waals surface area contributed by atoms with E-state index in [0.29, 0.717) is 6.42 Å². The average Bonchev–Trinajstić information content (AvgIpc) is 1.83. The third-order valence-corrected chi connectivity index (χ3v) is 1.09. The number of carbonyl (C=O) groups is 1. The van der Waals surface area contributed by atoms with E-state index in [1.807, 2.05) is 20.0 Å². The van der Waals surface area contributed by atoms with Crippen molar-refractivity contribution in [3.05, 3.63) is 11.8 Å². The summed E-state index contributed by atoms with van der Waals surface area (Å²) in [6.07, 6.45) is 2.41. The fraction of sp³-hybridized carbons (Fsp3) is 0.571. The summed E-state index contributed by atoms with van der Waals surface area (Å²) in [5, 5.41) is 2.93. The van der Waals surface area contributed by atoms with Crippen molar-refractivity contribution in [1.82, 2.24) is 5.32 Å². The Bertz CT molecular complexity index is 127. The van der Waals surface area contributed by atoms with Crippen molar-refractivity contribution in [2.75, 3.05) is 7.05 Å². The summed E-state index contributed by atoms with van der Waals surface area (Å²) < 4.78 is 0. The summed E-state index contributed by atoms with van der Waals surface area (Å²) in [4.78, 5) is 10.4. The van der Waals surface area contributed by atoms with E-state index in [2.05, 4.69) is 5.32 Å². The molecule has 2 heteroatoms. The van der Waals surface area contributed by atoms with Gasteiger partial charge in [0, 0.05) is 19.2 Å². The molecule has 0 aliphatic rings. The minimum Gasteiger partial charge on any atom is -0.392 e. The lowest BCUT2D eigenvalue weighted by molar-refractivity contribution is -0.116. The molecule has 0 heterocycles. The molecule has 2 nitrogen and oxygen atoms in total. The van der Waals surface area contributed by atoms with Crippen molar-refractivity contribution in [3.8, 4) is 0 Å². The largest absolute Gasteiger partial charge is 0.392 e. The number of Topliss-reactive ketones (excluding diaryl/α,β-unsaturated/α-hetero) is 1. The molecule has 0 spiro atoms. The maximum atomic E-state index is 10.4. The predicted molar refractivity (Wildman–Crippen MR) is 38.1 cm³/mol. The zero-order valence-electron chi connectivity index (χ0n) is 6.19. The molecule has 0 atom stereocenters. The Morgan fingerprint density at radius 1 is 1.56 bits per heavy atom. The van der Waals surface area contributed by atoms with Crippen molar-refractivity contribution < 1.29 is 4.79 Å². The van der Waals surface area contributed by atoms with Crippen molar-refractivity contribution in [2.45, 2.75) is 20.3 Å². The van der Waals surface area contributed by atoms with E-state index in [1.165, 1.54) is 0 Å². The molecule has 9 heavy (non-hydrogen) atoms. The lowest BCUT2D eigenvalue weighted by atomic mass is 10.3. The van der Waals surface area contributed by atoms with Crippen LogP contribution in [-0.4, -0.2) is 12.8 Å². The van der Waals surface area contributed by atoms with Crippen LogP contribution in [0.15, 0.2) is 11.8 Å². The molecule has 0 aromatic heterocycles. The summed E-state index contributed by atoms with van der Waals surface area (Å²) in [6.45, 7) is 3.52. The minimum absolute atomic E-state index is 0.199. The van der Waals surface area contributed by atoms with E-state index in [1.54, 1.807) is 6.92 Å². The molecular weight excluding hydrogens is 114 g/mol. The van der Waals surface area contributed by atoms with Crippen LogP contribution in [0.2, 0.25) is 0 Å². The molecule has 0 radical (unpaired) electrons. The number of hydrogen-bond donors (Lipinski definition) is 1. The Labute approximate surface area is 56.0 Å². The SMILES string of the molecule is CN/C(C)=C\CC(C)=O. The van der Waals surface area contributed by atoms with Gasteiger partial charge in [0.15, 0.2) is 0 Å². The van der Waals surface area contributed by atoms with E-state index < -0.39 is 0 Å². The third kappa shape index (κ3) is 5.07. The van der Waals surface area contributed by atoms with Gasteiger partial charge in [-0.05, 0) is 13.8 Å². The Balaban J connectivity index is 3.56. The first-order valence-corrected chi connectivity index (χ1v) is 3.00. The van der Waals surface area contributed by atoms with E-state index >= 15 is 0 Å². The van der Waals surface area contributed by atoms with Crippen molar-refractivity contribution >= 4 is 5.78 Å². The van der Waals surface area contributed by atoms with Gasteiger partial charge in [-0.15, -0.1) is 0 Å². The predicted octanol–water partition coefficient (Wildman–Crippen LogP) is 1.09. The summed E-state index contributed by atoms with van der Waals surface area (Å²) in [7, 11) is 1.84. The van der Waals surface area contributed by atoms with Crippen molar-refractivity contribution in [2.24, 2.45) is 0 Å². The highest BCUT2D eigenvalue weighted by Gasteiger charge is 1.87. The summed E-state index contributed by atoms with van der Waals surface area (Å²) >= 11 is 0. The molecule has 1 N–H and O–H groups in total. The Morgan fingerprint density at radius 3 is 2.44 bits per heavy atom.